The summed E-state index contributed by atoms with van der Waals surface area (Å²) in [4.78, 5) is 26.9. The highest BCUT2D eigenvalue weighted by molar-refractivity contribution is 7.88. The third kappa shape index (κ3) is 3.20. The van der Waals surface area contributed by atoms with Crippen LogP contribution in [0.2, 0.25) is 0 Å². The first-order valence-corrected chi connectivity index (χ1v) is 9.49. The topological polar surface area (TPSA) is 99.3 Å². The van der Waals surface area contributed by atoms with E-state index < -0.39 is 15.9 Å². The fraction of sp³-hybridized carbons (Fsp3) is 0.375. The van der Waals surface area contributed by atoms with Gasteiger partial charge in [-0.1, -0.05) is 6.07 Å². The van der Waals surface area contributed by atoms with E-state index in [1.54, 1.807) is 12.1 Å². The predicted molar refractivity (Wildman–Crippen MR) is 92.7 cm³/mol. The van der Waals surface area contributed by atoms with Crippen molar-refractivity contribution in [2.24, 2.45) is 0 Å². The van der Waals surface area contributed by atoms with Crippen LogP contribution in [0.25, 0.3) is 10.9 Å². The number of sulfonamides is 1. The molecule has 24 heavy (non-hydrogen) atoms. The number of pyridine rings is 1. The molecule has 0 bridgehead atoms. The van der Waals surface area contributed by atoms with Crippen molar-refractivity contribution >= 4 is 32.5 Å². The monoisotopic (exact) mass is 349 g/mol. The molecule has 1 heterocycles. The van der Waals surface area contributed by atoms with Gasteiger partial charge in [-0.05, 0) is 37.0 Å². The Balaban J connectivity index is 1.86. The van der Waals surface area contributed by atoms with Crippen molar-refractivity contribution in [3.8, 4) is 0 Å². The summed E-state index contributed by atoms with van der Waals surface area (Å²) in [5.74, 6) is -0.439. The van der Waals surface area contributed by atoms with E-state index in [1.165, 1.54) is 7.05 Å². The molecular weight excluding hydrogens is 330 g/mol. The molecule has 0 saturated heterocycles. The van der Waals surface area contributed by atoms with Crippen LogP contribution in [-0.2, 0) is 27.7 Å². The summed E-state index contributed by atoms with van der Waals surface area (Å²) in [5.41, 5.74) is 3.06. The van der Waals surface area contributed by atoms with Crippen LogP contribution in [0, 0.1) is 0 Å². The Bertz CT molecular complexity index is 979. The summed E-state index contributed by atoms with van der Waals surface area (Å²) in [6.07, 6.45) is 3.72. The lowest BCUT2D eigenvalue weighted by atomic mass is 10.1. The Labute approximate surface area is 139 Å². The Morgan fingerprint density at radius 3 is 2.71 bits per heavy atom. The molecule has 2 aromatic rings. The zero-order chi connectivity index (χ0) is 17.5. The van der Waals surface area contributed by atoms with Gasteiger partial charge in [-0.3, -0.25) is 9.59 Å². The second kappa shape index (κ2) is 6.03. The summed E-state index contributed by atoms with van der Waals surface area (Å²) in [7, 11) is -2.07. The average molecular weight is 349 g/mol. The fourth-order valence-corrected chi connectivity index (χ4v) is 3.35. The number of nitrogens with zero attached hydrogens (tertiary/aromatic N) is 1. The van der Waals surface area contributed by atoms with Gasteiger partial charge in [0.25, 0.3) is 5.56 Å². The van der Waals surface area contributed by atoms with Crippen LogP contribution in [0.1, 0.15) is 17.5 Å². The molecule has 0 spiro atoms. The van der Waals surface area contributed by atoms with E-state index in [1.807, 2.05) is 6.07 Å². The van der Waals surface area contributed by atoms with Gasteiger partial charge in [0.1, 0.15) is 0 Å². The number of likely N-dealkylation sites (N-methyl/N-ethyl adjacent to an activating group) is 1. The van der Waals surface area contributed by atoms with Crippen molar-refractivity contribution in [2.75, 3.05) is 25.2 Å². The van der Waals surface area contributed by atoms with Gasteiger partial charge >= 0.3 is 0 Å². The number of nitrogens with one attached hydrogen (secondary N) is 2. The van der Waals surface area contributed by atoms with Crippen molar-refractivity contribution in [3.63, 3.8) is 0 Å². The van der Waals surface area contributed by atoms with Gasteiger partial charge in [0.2, 0.25) is 15.9 Å². The normalized spacial score (nSPS) is 14.1. The minimum absolute atomic E-state index is 0.0738. The van der Waals surface area contributed by atoms with E-state index in [2.05, 4.69) is 10.3 Å². The number of rotatable bonds is 4. The summed E-state index contributed by atoms with van der Waals surface area (Å²) < 4.78 is 23.7. The first kappa shape index (κ1) is 16.7. The number of benzene rings is 1. The highest BCUT2D eigenvalue weighted by Gasteiger charge is 2.19. The Kier molecular flexibility index (Phi) is 4.18. The number of H-pyrrole nitrogens is 1. The van der Waals surface area contributed by atoms with E-state index in [0.717, 1.165) is 46.3 Å². The number of aromatic nitrogens is 1. The van der Waals surface area contributed by atoms with Crippen LogP contribution in [0.5, 0.6) is 0 Å². The fourth-order valence-electron chi connectivity index (χ4n) is 3.00. The molecule has 1 aliphatic rings. The number of anilines is 1. The SMILES string of the molecule is CN(CC(=O)Nc1ccc2c3c(c(=O)[nH]c2c1)CCC3)S(C)(=O)=O. The van der Waals surface area contributed by atoms with Crippen molar-refractivity contribution in [1.29, 1.82) is 0 Å². The summed E-state index contributed by atoms with van der Waals surface area (Å²) in [5, 5.41) is 3.65. The number of hydrogen-bond acceptors (Lipinski definition) is 4. The van der Waals surface area contributed by atoms with E-state index in [0.29, 0.717) is 11.2 Å². The van der Waals surface area contributed by atoms with Gasteiger partial charge in [-0.15, -0.1) is 0 Å². The second-order valence-electron chi connectivity index (χ2n) is 6.09. The molecule has 0 fully saturated rings. The van der Waals surface area contributed by atoms with E-state index in [-0.39, 0.29) is 12.1 Å². The van der Waals surface area contributed by atoms with Gasteiger partial charge in [0.15, 0.2) is 0 Å². The van der Waals surface area contributed by atoms with Gasteiger partial charge in [-0.25, -0.2) is 8.42 Å². The number of amides is 1. The molecule has 0 radical (unpaired) electrons. The Morgan fingerprint density at radius 2 is 2.00 bits per heavy atom. The van der Waals surface area contributed by atoms with E-state index in [9.17, 15) is 18.0 Å². The Hall–Kier alpha value is -2.19. The maximum atomic E-state index is 12.1. The van der Waals surface area contributed by atoms with E-state index in [4.69, 9.17) is 0 Å². The van der Waals surface area contributed by atoms with Crippen LogP contribution < -0.4 is 10.9 Å². The van der Waals surface area contributed by atoms with Crippen molar-refractivity contribution in [2.45, 2.75) is 19.3 Å². The lowest BCUT2D eigenvalue weighted by Crippen LogP contribution is -2.34. The van der Waals surface area contributed by atoms with Crippen LogP contribution in [0.15, 0.2) is 23.0 Å². The van der Waals surface area contributed by atoms with Crippen molar-refractivity contribution in [3.05, 3.63) is 39.7 Å². The minimum Gasteiger partial charge on any atom is -0.325 e. The number of fused-ring (bicyclic) bond motifs is 3. The number of carbonyl (C=O) groups is 1. The first-order chi connectivity index (χ1) is 11.3. The molecule has 0 unspecified atom stereocenters. The minimum atomic E-state index is -3.41. The molecule has 1 amide bonds. The highest BCUT2D eigenvalue weighted by atomic mass is 32.2. The molecule has 128 valence electrons. The molecule has 0 saturated carbocycles. The predicted octanol–water partition coefficient (Wildman–Crippen LogP) is 0.847. The van der Waals surface area contributed by atoms with Crippen LogP contribution >= 0.6 is 0 Å². The standard InChI is InChI=1S/C16H19N3O4S/c1-19(24(2,22)23)9-15(20)17-10-6-7-12-11-4-3-5-13(11)16(21)18-14(12)8-10/h6-8H,3-5,9H2,1-2H3,(H,17,20)(H,18,21). The number of aryl methyl sites for hydroxylation is 1. The third-order valence-corrected chi connectivity index (χ3v) is 5.56. The Morgan fingerprint density at radius 1 is 1.29 bits per heavy atom. The maximum Gasteiger partial charge on any atom is 0.251 e. The molecule has 3 rings (SSSR count). The smallest absolute Gasteiger partial charge is 0.251 e. The largest absolute Gasteiger partial charge is 0.325 e. The van der Waals surface area contributed by atoms with Crippen LogP contribution in [0.3, 0.4) is 0 Å². The number of hydrogen-bond donors (Lipinski definition) is 2. The summed E-state index contributed by atoms with van der Waals surface area (Å²) in [6, 6.07) is 5.34. The van der Waals surface area contributed by atoms with Crippen molar-refractivity contribution < 1.29 is 13.2 Å². The molecule has 1 aromatic heterocycles. The zero-order valence-corrected chi connectivity index (χ0v) is 14.4. The lowest BCUT2D eigenvalue weighted by molar-refractivity contribution is -0.116. The number of carbonyl (C=O) groups excluding carboxylic acids is 1. The van der Waals surface area contributed by atoms with E-state index >= 15 is 0 Å². The lowest BCUT2D eigenvalue weighted by Gasteiger charge is -2.14. The molecular formula is C16H19N3O4S. The van der Waals surface area contributed by atoms with Gasteiger partial charge in [0, 0.05) is 23.7 Å². The van der Waals surface area contributed by atoms with Gasteiger partial charge in [0.05, 0.1) is 18.3 Å². The highest BCUT2D eigenvalue weighted by Crippen LogP contribution is 2.27. The molecule has 0 atom stereocenters. The third-order valence-electron chi connectivity index (χ3n) is 4.30. The summed E-state index contributed by atoms with van der Waals surface area (Å²) in [6.45, 7) is -0.266. The number of aromatic amines is 1. The summed E-state index contributed by atoms with van der Waals surface area (Å²) >= 11 is 0. The second-order valence-corrected chi connectivity index (χ2v) is 8.18. The maximum absolute atomic E-state index is 12.1. The van der Waals surface area contributed by atoms with Gasteiger partial charge < -0.3 is 10.3 Å². The first-order valence-electron chi connectivity index (χ1n) is 7.64. The molecule has 7 nitrogen and oxygen atoms in total. The molecule has 1 aromatic carbocycles. The molecule has 8 heteroatoms. The molecule has 2 N–H and O–H groups in total. The van der Waals surface area contributed by atoms with Gasteiger partial charge in [-0.2, -0.15) is 4.31 Å². The van der Waals surface area contributed by atoms with Crippen LogP contribution in [-0.4, -0.2) is 43.5 Å². The average Bonchev–Trinajstić information content (AvgIpc) is 2.96. The molecule has 1 aliphatic carbocycles. The zero-order valence-electron chi connectivity index (χ0n) is 13.5. The van der Waals surface area contributed by atoms with Crippen molar-refractivity contribution in [1.82, 2.24) is 9.29 Å². The van der Waals surface area contributed by atoms with Crippen LogP contribution in [0.4, 0.5) is 5.69 Å². The molecule has 0 aliphatic heterocycles. The quantitative estimate of drug-likeness (QED) is 0.854.